The molecule has 1 heterocycles. The fourth-order valence-corrected chi connectivity index (χ4v) is 4.85. The number of sulfonamides is 1. The number of rotatable bonds is 7. The van der Waals surface area contributed by atoms with Crippen LogP contribution in [0.15, 0.2) is 10.3 Å². The molecule has 0 atom stereocenters. The zero-order valence-corrected chi connectivity index (χ0v) is 14.0. The number of aryl methyl sites for hydroxylation is 1. The second-order valence-corrected chi connectivity index (χ2v) is 7.86. The summed E-state index contributed by atoms with van der Waals surface area (Å²) in [5.74, 6) is 0. The average Bonchev–Trinajstić information content (AvgIpc) is 2.70. The van der Waals surface area contributed by atoms with Gasteiger partial charge in [0.25, 0.3) is 0 Å². The van der Waals surface area contributed by atoms with Crippen molar-refractivity contribution in [3.8, 4) is 0 Å². The Morgan fingerprint density at radius 2 is 2.05 bits per heavy atom. The minimum absolute atomic E-state index is 0.0410. The summed E-state index contributed by atoms with van der Waals surface area (Å²) in [6.45, 7) is 9.24. The van der Waals surface area contributed by atoms with Gasteiger partial charge in [0.1, 0.15) is 4.90 Å². The molecule has 0 bridgehead atoms. The van der Waals surface area contributed by atoms with Crippen molar-refractivity contribution in [2.24, 2.45) is 0 Å². The van der Waals surface area contributed by atoms with Gasteiger partial charge >= 0.3 is 0 Å². The van der Waals surface area contributed by atoms with Gasteiger partial charge in [0.15, 0.2) is 0 Å². The summed E-state index contributed by atoms with van der Waals surface area (Å²) in [6, 6.07) is -0.0410. The Morgan fingerprint density at radius 3 is 2.58 bits per heavy atom. The molecule has 0 fully saturated rings. The lowest BCUT2D eigenvalue weighted by Crippen LogP contribution is -2.34. The molecular formula is C13H24N2O2S2. The Kier molecular flexibility index (Phi) is 5.98. The molecule has 1 N–H and O–H groups in total. The number of hydrogen-bond donors (Lipinski definition) is 1. The van der Waals surface area contributed by atoms with E-state index in [2.05, 4.69) is 12.2 Å². The molecule has 0 aliphatic rings. The van der Waals surface area contributed by atoms with E-state index in [-0.39, 0.29) is 6.04 Å². The number of thiophene rings is 1. The van der Waals surface area contributed by atoms with Gasteiger partial charge in [0.05, 0.1) is 0 Å². The minimum Gasteiger partial charge on any atom is -0.312 e. The smallest absolute Gasteiger partial charge is 0.244 e. The third-order valence-corrected chi connectivity index (χ3v) is 6.56. The monoisotopic (exact) mass is 304 g/mol. The molecule has 4 nitrogen and oxygen atoms in total. The first-order chi connectivity index (χ1) is 8.82. The van der Waals surface area contributed by atoms with Crippen LogP contribution in [0.3, 0.4) is 0 Å². The van der Waals surface area contributed by atoms with E-state index < -0.39 is 10.0 Å². The van der Waals surface area contributed by atoms with E-state index in [1.165, 1.54) is 15.6 Å². The molecule has 1 aromatic rings. The largest absolute Gasteiger partial charge is 0.312 e. The molecule has 6 heteroatoms. The molecule has 0 radical (unpaired) electrons. The van der Waals surface area contributed by atoms with Crippen molar-refractivity contribution >= 4 is 21.4 Å². The highest BCUT2D eigenvalue weighted by atomic mass is 32.2. The van der Waals surface area contributed by atoms with E-state index in [1.807, 2.05) is 26.2 Å². The lowest BCUT2D eigenvalue weighted by atomic mass is 10.3. The van der Waals surface area contributed by atoms with Crippen LogP contribution in [0.4, 0.5) is 0 Å². The fraction of sp³-hybridized carbons (Fsp3) is 0.692. The van der Waals surface area contributed by atoms with E-state index in [0.29, 0.717) is 11.4 Å². The van der Waals surface area contributed by atoms with Crippen molar-refractivity contribution in [1.82, 2.24) is 9.62 Å². The number of nitrogens with zero attached hydrogens (tertiary/aromatic N) is 1. The molecule has 0 saturated heterocycles. The molecular weight excluding hydrogens is 280 g/mol. The van der Waals surface area contributed by atoms with Gasteiger partial charge in [-0.05, 0) is 44.7 Å². The molecule has 1 aromatic heterocycles. The molecule has 0 aliphatic heterocycles. The second kappa shape index (κ2) is 6.83. The number of nitrogens with one attached hydrogen (secondary N) is 1. The Hall–Kier alpha value is -0.430. The molecule has 0 saturated carbocycles. The van der Waals surface area contributed by atoms with E-state index in [9.17, 15) is 8.42 Å². The Bertz CT molecular complexity index is 507. The third kappa shape index (κ3) is 3.78. The normalized spacial score (nSPS) is 12.6. The van der Waals surface area contributed by atoms with Crippen molar-refractivity contribution < 1.29 is 8.42 Å². The predicted molar refractivity (Wildman–Crippen MR) is 81.1 cm³/mol. The second-order valence-electron chi connectivity index (χ2n) is 4.96. The number of hydrogen-bond acceptors (Lipinski definition) is 4. The van der Waals surface area contributed by atoms with Crippen LogP contribution in [0.1, 0.15) is 37.6 Å². The highest BCUT2D eigenvalue weighted by molar-refractivity contribution is 7.89. The van der Waals surface area contributed by atoms with E-state index in [1.54, 1.807) is 7.05 Å². The Balaban J connectivity index is 3.08. The molecule has 19 heavy (non-hydrogen) atoms. The third-order valence-electron chi connectivity index (χ3n) is 3.07. The summed E-state index contributed by atoms with van der Waals surface area (Å²) >= 11 is 1.51. The SMILES string of the molecule is CCCNCc1scc(C)c1S(=O)(=O)N(C)C(C)C. The summed E-state index contributed by atoms with van der Waals surface area (Å²) in [6.07, 6.45) is 1.04. The maximum Gasteiger partial charge on any atom is 0.244 e. The molecule has 0 aromatic carbocycles. The zero-order chi connectivity index (χ0) is 14.6. The average molecular weight is 304 g/mol. The van der Waals surface area contributed by atoms with Crippen molar-refractivity contribution in [3.63, 3.8) is 0 Å². The van der Waals surface area contributed by atoms with Crippen molar-refractivity contribution in [3.05, 3.63) is 15.8 Å². The van der Waals surface area contributed by atoms with Gasteiger partial charge in [-0.1, -0.05) is 6.92 Å². The summed E-state index contributed by atoms with van der Waals surface area (Å²) < 4.78 is 26.7. The minimum atomic E-state index is -3.39. The van der Waals surface area contributed by atoms with E-state index in [4.69, 9.17) is 0 Å². The van der Waals surface area contributed by atoms with Crippen LogP contribution in [-0.2, 0) is 16.6 Å². The standard InChI is InChI=1S/C13H24N2O2S2/c1-6-7-14-8-12-13(11(4)9-18-12)19(16,17)15(5)10(2)3/h9-10,14H,6-8H2,1-5H3. The summed E-state index contributed by atoms with van der Waals surface area (Å²) in [5.41, 5.74) is 0.839. The van der Waals surface area contributed by atoms with E-state index in [0.717, 1.165) is 23.4 Å². The van der Waals surface area contributed by atoms with Gasteiger partial charge in [-0.15, -0.1) is 11.3 Å². The molecule has 0 aliphatic carbocycles. The van der Waals surface area contributed by atoms with Crippen LogP contribution >= 0.6 is 11.3 Å². The lowest BCUT2D eigenvalue weighted by molar-refractivity contribution is 0.410. The van der Waals surface area contributed by atoms with Gasteiger partial charge in [0, 0.05) is 24.5 Å². The Labute approximate surface area is 120 Å². The van der Waals surface area contributed by atoms with Crippen LogP contribution in [0.5, 0.6) is 0 Å². The summed E-state index contributed by atoms with van der Waals surface area (Å²) in [4.78, 5) is 1.38. The first-order valence-corrected chi connectivity index (χ1v) is 8.90. The van der Waals surface area contributed by atoms with Crippen LogP contribution in [0.25, 0.3) is 0 Å². The van der Waals surface area contributed by atoms with Gasteiger partial charge < -0.3 is 5.32 Å². The van der Waals surface area contributed by atoms with Crippen LogP contribution in [0, 0.1) is 6.92 Å². The highest BCUT2D eigenvalue weighted by Gasteiger charge is 2.28. The molecule has 0 spiro atoms. The maximum atomic E-state index is 12.6. The fourth-order valence-electron chi connectivity index (χ4n) is 1.76. The van der Waals surface area contributed by atoms with Crippen molar-refractivity contribution in [2.45, 2.75) is 51.6 Å². The quantitative estimate of drug-likeness (QED) is 0.788. The predicted octanol–water partition coefficient (Wildman–Crippen LogP) is 2.59. The molecule has 0 amide bonds. The van der Waals surface area contributed by atoms with Gasteiger partial charge in [-0.25, -0.2) is 8.42 Å². The molecule has 110 valence electrons. The topological polar surface area (TPSA) is 49.4 Å². The first kappa shape index (κ1) is 16.6. The van der Waals surface area contributed by atoms with Crippen LogP contribution in [-0.4, -0.2) is 32.4 Å². The Morgan fingerprint density at radius 1 is 1.42 bits per heavy atom. The molecule has 0 unspecified atom stereocenters. The van der Waals surface area contributed by atoms with Gasteiger partial charge in [-0.2, -0.15) is 4.31 Å². The van der Waals surface area contributed by atoms with Gasteiger partial charge in [0.2, 0.25) is 10.0 Å². The highest BCUT2D eigenvalue weighted by Crippen LogP contribution is 2.29. The van der Waals surface area contributed by atoms with Crippen LogP contribution < -0.4 is 5.32 Å². The first-order valence-electron chi connectivity index (χ1n) is 6.58. The zero-order valence-electron chi connectivity index (χ0n) is 12.4. The maximum absolute atomic E-state index is 12.6. The van der Waals surface area contributed by atoms with Crippen molar-refractivity contribution in [2.75, 3.05) is 13.6 Å². The van der Waals surface area contributed by atoms with Crippen LogP contribution in [0.2, 0.25) is 0 Å². The van der Waals surface area contributed by atoms with Gasteiger partial charge in [-0.3, -0.25) is 0 Å². The summed E-state index contributed by atoms with van der Waals surface area (Å²) in [5, 5.41) is 5.19. The lowest BCUT2D eigenvalue weighted by Gasteiger charge is -2.22. The van der Waals surface area contributed by atoms with E-state index >= 15 is 0 Å². The van der Waals surface area contributed by atoms with Crippen molar-refractivity contribution in [1.29, 1.82) is 0 Å². The summed E-state index contributed by atoms with van der Waals surface area (Å²) in [7, 11) is -1.75. The molecule has 1 rings (SSSR count).